The molecule has 0 atom stereocenters. The standard InChI is InChI=1S/C16H19N3O2/c1-16(2,11-4-6-12(17)7-5-11)15(20)19-13-8-9-14(21-3)18-10-13/h4-10H,17H2,1-3H3,(H,19,20). The number of anilines is 2. The first-order valence-electron chi connectivity index (χ1n) is 6.61. The molecule has 0 radical (unpaired) electrons. The van der Waals surface area contributed by atoms with Gasteiger partial charge in [-0.3, -0.25) is 4.79 Å². The number of carbonyl (C=O) groups excluding carboxylic acids is 1. The molecule has 3 N–H and O–H groups in total. The molecule has 0 aliphatic carbocycles. The van der Waals surface area contributed by atoms with Crippen LogP contribution in [0.25, 0.3) is 0 Å². The van der Waals surface area contributed by atoms with Crippen molar-refractivity contribution >= 4 is 17.3 Å². The summed E-state index contributed by atoms with van der Waals surface area (Å²) in [6, 6.07) is 10.8. The highest BCUT2D eigenvalue weighted by atomic mass is 16.5. The summed E-state index contributed by atoms with van der Waals surface area (Å²) in [6.45, 7) is 3.73. The van der Waals surface area contributed by atoms with E-state index in [2.05, 4.69) is 10.3 Å². The fourth-order valence-corrected chi connectivity index (χ4v) is 1.89. The quantitative estimate of drug-likeness (QED) is 0.846. The maximum Gasteiger partial charge on any atom is 0.234 e. The maximum atomic E-state index is 12.5. The highest BCUT2D eigenvalue weighted by Gasteiger charge is 2.29. The van der Waals surface area contributed by atoms with Gasteiger partial charge in [0, 0.05) is 11.8 Å². The fraction of sp³-hybridized carbons (Fsp3) is 0.250. The first kappa shape index (κ1) is 14.8. The van der Waals surface area contributed by atoms with Gasteiger partial charge in [-0.2, -0.15) is 0 Å². The molecule has 0 saturated heterocycles. The van der Waals surface area contributed by atoms with Gasteiger partial charge in [0.25, 0.3) is 0 Å². The second-order valence-corrected chi connectivity index (χ2v) is 5.29. The lowest BCUT2D eigenvalue weighted by Crippen LogP contribution is -2.34. The molecule has 21 heavy (non-hydrogen) atoms. The van der Waals surface area contributed by atoms with Crippen LogP contribution in [0.15, 0.2) is 42.6 Å². The van der Waals surface area contributed by atoms with Crippen molar-refractivity contribution in [2.24, 2.45) is 0 Å². The smallest absolute Gasteiger partial charge is 0.234 e. The monoisotopic (exact) mass is 285 g/mol. The van der Waals surface area contributed by atoms with Crippen LogP contribution in [0, 0.1) is 0 Å². The van der Waals surface area contributed by atoms with E-state index in [0.717, 1.165) is 5.56 Å². The van der Waals surface area contributed by atoms with E-state index in [1.54, 1.807) is 37.6 Å². The van der Waals surface area contributed by atoms with Crippen LogP contribution in [0.2, 0.25) is 0 Å². The predicted molar refractivity (Wildman–Crippen MR) is 83.3 cm³/mol. The number of nitrogens with one attached hydrogen (secondary N) is 1. The van der Waals surface area contributed by atoms with Crippen molar-refractivity contribution in [2.75, 3.05) is 18.2 Å². The molecular weight excluding hydrogens is 266 g/mol. The van der Waals surface area contributed by atoms with Crippen molar-refractivity contribution in [1.82, 2.24) is 4.98 Å². The average molecular weight is 285 g/mol. The molecule has 0 fully saturated rings. The molecule has 0 saturated carbocycles. The van der Waals surface area contributed by atoms with Crippen LogP contribution in [0.4, 0.5) is 11.4 Å². The number of rotatable bonds is 4. The van der Waals surface area contributed by atoms with Gasteiger partial charge >= 0.3 is 0 Å². The SMILES string of the molecule is COc1ccc(NC(=O)C(C)(C)c2ccc(N)cc2)cn1. The van der Waals surface area contributed by atoms with Crippen LogP contribution < -0.4 is 15.8 Å². The summed E-state index contributed by atoms with van der Waals surface area (Å²) in [5.41, 5.74) is 7.21. The molecular formula is C16H19N3O2. The fourth-order valence-electron chi connectivity index (χ4n) is 1.89. The van der Waals surface area contributed by atoms with E-state index in [1.165, 1.54) is 0 Å². The zero-order chi connectivity index (χ0) is 15.5. The van der Waals surface area contributed by atoms with Gasteiger partial charge in [0.05, 0.1) is 24.4 Å². The summed E-state index contributed by atoms with van der Waals surface area (Å²) in [5, 5.41) is 2.86. The van der Waals surface area contributed by atoms with E-state index in [1.807, 2.05) is 26.0 Å². The van der Waals surface area contributed by atoms with Crippen LogP contribution >= 0.6 is 0 Å². The topological polar surface area (TPSA) is 77.2 Å². The van der Waals surface area contributed by atoms with Gasteiger partial charge in [-0.15, -0.1) is 0 Å². The van der Waals surface area contributed by atoms with Gasteiger partial charge in [0.2, 0.25) is 11.8 Å². The largest absolute Gasteiger partial charge is 0.481 e. The molecule has 5 heteroatoms. The van der Waals surface area contributed by atoms with Crippen LogP contribution in [-0.2, 0) is 10.2 Å². The van der Waals surface area contributed by atoms with E-state index < -0.39 is 5.41 Å². The van der Waals surface area contributed by atoms with Gasteiger partial charge in [-0.25, -0.2) is 4.98 Å². The molecule has 1 heterocycles. The summed E-state index contributed by atoms with van der Waals surface area (Å²) in [4.78, 5) is 16.5. The Labute approximate surface area is 124 Å². The molecule has 1 amide bonds. The zero-order valence-electron chi connectivity index (χ0n) is 12.4. The number of aromatic nitrogens is 1. The van der Waals surface area contributed by atoms with Gasteiger partial charge < -0.3 is 15.8 Å². The highest BCUT2D eigenvalue weighted by molar-refractivity contribution is 5.98. The molecule has 5 nitrogen and oxygen atoms in total. The summed E-state index contributed by atoms with van der Waals surface area (Å²) >= 11 is 0. The Morgan fingerprint density at radius 2 is 1.86 bits per heavy atom. The number of methoxy groups -OCH3 is 1. The molecule has 0 spiro atoms. The minimum atomic E-state index is -0.673. The number of nitrogen functional groups attached to an aromatic ring is 1. The first-order chi connectivity index (χ1) is 9.93. The van der Waals surface area contributed by atoms with Crippen LogP contribution in [0.3, 0.4) is 0 Å². The third kappa shape index (κ3) is 3.31. The van der Waals surface area contributed by atoms with Gasteiger partial charge in [0.15, 0.2) is 0 Å². The normalized spacial score (nSPS) is 11.0. The molecule has 0 bridgehead atoms. The van der Waals surface area contributed by atoms with Crippen LogP contribution in [0.1, 0.15) is 19.4 Å². The number of hydrogen-bond donors (Lipinski definition) is 2. The lowest BCUT2D eigenvalue weighted by molar-refractivity contribution is -0.120. The predicted octanol–water partition coefficient (Wildman–Crippen LogP) is 2.59. The molecule has 0 aliphatic rings. The third-order valence-corrected chi connectivity index (χ3v) is 3.40. The second-order valence-electron chi connectivity index (χ2n) is 5.29. The van der Waals surface area contributed by atoms with Crippen LogP contribution in [0.5, 0.6) is 5.88 Å². The summed E-state index contributed by atoms with van der Waals surface area (Å²) in [7, 11) is 1.55. The molecule has 110 valence electrons. The zero-order valence-corrected chi connectivity index (χ0v) is 12.4. The summed E-state index contributed by atoms with van der Waals surface area (Å²) in [6.07, 6.45) is 1.57. The number of amides is 1. The molecule has 2 rings (SSSR count). The Kier molecular flexibility index (Phi) is 4.12. The molecule has 1 aromatic carbocycles. The Balaban J connectivity index is 2.15. The van der Waals surface area contributed by atoms with E-state index >= 15 is 0 Å². The summed E-state index contributed by atoms with van der Waals surface area (Å²) < 4.78 is 4.99. The van der Waals surface area contributed by atoms with Crippen molar-refractivity contribution in [1.29, 1.82) is 0 Å². The molecule has 0 aliphatic heterocycles. The summed E-state index contributed by atoms with van der Waals surface area (Å²) in [5.74, 6) is 0.394. The van der Waals surface area contributed by atoms with E-state index in [-0.39, 0.29) is 5.91 Å². The Morgan fingerprint density at radius 3 is 2.38 bits per heavy atom. The Morgan fingerprint density at radius 1 is 1.19 bits per heavy atom. The van der Waals surface area contributed by atoms with Crippen LogP contribution in [-0.4, -0.2) is 18.0 Å². The first-order valence-corrected chi connectivity index (χ1v) is 6.61. The van der Waals surface area contributed by atoms with Crippen molar-refractivity contribution in [3.8, 4) is 5.88 Å². The Bertz CT molecular complexity index is 619. The number of hydrogen-bond acceptors (Lipinski definition) is 4. The van der Waals surface area contributed by atoms with Crippen molar-refractivity contribution in [3.63, 3.8) is 0 Å². The number of nitrogens with zero attached hydrogens (tertiary/aromatic N) is 1. The lowest BCUT2D eigenvalue weighted by Gasteiger charge is -2.24. The second kappa shape index (κ2) is 5.83. The number of nitrogens with two attached hydrogens (primary N) is 1. The van der Waals surface area contributed by atoms with E-state index in [0.29, 0.717) is 17.3 Å². The minimum absolute atomic E-state index is 0.112. The van der Waals surface area contributed by atoms with Crippen molar-refractivity contribution in [2.45, 2.75) is 19.3 Å². The van der Waals surface area contributed by atoms with E-state index in [4.69, 9.17) is 10.5 Å². The Hall–Kier alpha value is -2.56. The molecule has 2 aromatic rings. The van der Waals surface area contributed by atoms with Gasteiger partial charge in [-0.05, 0) is 37.6 Å². The highest BCUT2D eigenvalue weighted by Crippen LogP contribution is 2.26. The third-order valence-electron chi connectivity index (χ3n) is 3.40. The van der Waals surface area contributed by atoms with Crippen molar-refractivity contribution < 1.29 is 9.53 Å². The maximum absolute atomic E-state index is 12.5. The van der Waals surface area contributed by atoms with Crippen molar-refractivity contribution in [3.05, 3.63) is 48.2 Å². The molecule has 1 aromatic heterocycles. The molecule has 0 unspecified atom stereocenters. The van der Waals surface area contributed by atoms with E-state index in [9.17, 15) is 4.79 Å². The number of pyridine rings is 1. The number of benzene rings is 1. The number of ether oxygens (including phenoxy) is 1. The minimum Gasteiger partial charge on any atom is -0.481 e. The van der Waals surface area contributed by atoms with Gasteiger partial charge in [-0.1, -0.05) is 12.1 Å². The van der Waals surface area contributed by atoms with Gasteiger partial charge in [0.1, 0.15) is 0 Å². The lowest BCUT2D eigenvalue weighted by atomic mass is 9.83. The average Bonchev–Trinajstić information content (AvgIpc) is 2.48. The number of carbonyl (C=O) groups is 1.